The fourth-order valence-corrected chi connectivity index (χ4v) is 2.72. The van der Waals surface area contributed by atoms with Crippen molar-refractivity contribution in [1.29, 1.82) is 0 Å². The standard InChI is InChI=1S/C18H20FN3O3/c1-11-16(22-17(23)13-7-9-24-10-8-13)12(2)21-18(20-11)25-15-6-4-3-5-14(15)19/h3-6,13H,7-10H2,1-2H3,(H,22,23). The van der Waals surface area contributed by atoms with Gasteiger partial charge in [-0.25, -0.2) is 4.39 Å². The second-order valence-corrected chi connectivity index (χ2v) is 5.96. The highest BCUT2D eigenvalue weighted by Crippen LogP contribution is 2.26. The molecular weight excluding hydrogens is 325 g/mol. The van der Waals surface area contributed by atoms with Crippen LogP contribution in [0.25, 0.3) is 0 Å². The van der Waals surface area contributed by atoms with Gasteiger partial charge in [-0.05, 0) is 38.8 Å². The molecule has 0 atom stereocenters. The predicted octanol–water partition coefficient (Wildman–Crippen LogP) is 3.39. The Hall–Kier alpha value is -2.54. The molecule has 3 rings (SSSR count). The summed E-state index contributed by atoms with van der Waals surface area (Å²) in [4.78, 5) is 20.8. The van der Waals surface area contributed by atoms with Crippen LogP contribution in [0.1, 0.15) is 24.2 Å². The van der Waals surface area contributed by atoms with Crippen LogP contribution in [0.2, 0.25) is 0 Å². The summed E-state index contributed by atoms with van der Waals surface area (Å²) in [6.07, 6.45) is 1.42. The number of anilines is 1. The SMILES string of the molecule is Cc1nc(Oc2ccccc2F)nc(C)c1NC(=O)C1CCOCC1. The number of halogens is 1. The third-order valence-electron chi connectivity index (χ3n) is 4.13. The third-order valence-corrected chi connectivity index (χ3v) is 4.13. The Morgan fingerprint density at radius 1 is 1.20 bits per heavy atom. The van der Waals surface area contributed by atoms with Crippen LogP contribution in [-0.2, 0) is 9.53 Å². The zero-order chi connectivity index (χ0) is 17.8. The lowest BCUT2D eigenvalue weighted by Crippen LogP contribution is -2.29. The van der Waals surface area contributed by atoms with Gasteiger partial charge in [0.1, 0.15) is 0 Å². The smallest absolute Gasteiger partial charge is 0.322 e. The maximum atomic E-state index is 13.7. The van der Waals surface area contributed by atoms with Gasteiger partial charge in [0.2, 0.25) is 5.91 Å². The van der Waals surface area contributed by atoms with E-state index in [-0.39, 0.29) is 23.6 Å². The minimum Gasteiger partial charge on any atom is -0.421 e. The highest BCUT2D eigenvalue weighted by atomic mass is 19.1. The number of aromatic nitrogens is 2. The summed E-state index contributed by atoms with van der Waals surface area (Å²) < 4.78 is 24.4. The molecule has 2 heterocycles. The van der Waals surface area contributed by atoms with Gasteiger partial charge in [-0.2, -0.15) is 9.97 Å². The Labute approximate surface area is 145 Å². The maximum absolute atomic E-state index is 13.7. The van der Waals surface area contributed by atoms with Crippen molar-refractivity contribution in [3.05, 3.63) is 41.5 Å². The molecule has 0 saturated carbocycles. The molecule has 1 fully saturated rings. The number of carbonyl (C=O) groups excluding carboxylic acids is 1. The van der Waals surface area contributed by atoms with Gasteiger partial charge in [-0.15, -0.1) is 0 Å². The number of carbonyl (C=O) groups is 1. The number of nitrogens with one attached hydrogen (secondary N) is 1. The largest absolute Gasteiger partial charge is 0.421 e. The van der Waals surface area contributed by atoms with E-state index >= 15 is 0 Å². The van der Waals surface area contributed by atoms with Gasteiger partial charge in [0, 0.05) is 19.1 Å². The first-order valence-electron chi connectivity index (χ1n) is 8.21. The van der Waals surface area contributed by atoms with Crippen LogP contribution in [-0.4, -0.2) is 29.1 Å². The first-order valence-corrected chi connectivity index (χ1v) is 8.21. The number of rotatable bonds is 4. The number of para-hydroxylation sites is 1. The summed E-state index contributed by atoms with van der Waals surface area (Å²) in [7, 11) is 0. The van der Waals surface area contributed by atoms with E-state index in [0.29, 0.717) is 43.1 Å². The van der Waals surface area contributed by atoms with E-state index in [2.05, 4.69) is 15.3 Å². The molecule has 0 aliphatic carbocycles. The fourth-order valence-electron chi connectivity index (χ4n) is 2.72. The lowest BCUT2D eigenvalue weighted by molar-refractivity contribution is -0.122. The molecule has 0 unspecified atom stereocenters. The lowest BCUT2D eigenvalue weighted by atomic mass is 9.99. The molecule has 1 N–H and O–H groups in total. The molecule has 0 spiro atoms. The lowest BCUT2D eigenvalue weighted by Gasteiger charge is -2.22. The van der Waals surface area contributed by atoms with E-state index in [9.17, 15) is 9.18 Å². The number of benzene rings is 1. The molecule has 25 heavy (non-hydrogen) atoms. The van der Waals surface area contributed by atoms with Crippen molar-refractivity contribution in [3.63, 3.8) is 0 Å². The summed E-state index contributed by atoms with van der Waals surface area (Å²) in [5.74, 6) is -0.554. The molecule has 1 saturated heterocycles. The number of nitrogens with zero attached hydrogens (tertiary/aromatic N) is 2. The minimum absolute atomic E-state index is 0.0455. The number of ether oxygens (including phenoxy) is 2. The van der Waals surface area contributed by atoms with Crippen LogP contribution in [0.5, 0.6) is 11.8 Å². The highest BCUT2D eigenvalue weighted by molar-refractivity contribution is 5.93. The fraction of sp³-hybridized carbons (Fsp3) is 0.389. The van der Waals surface area contributed by atoms with Gasteiger partial charge < -0.3 is 14.8 Å². The van der Waals surface area contributed by atoms with Crippen molar-refractivity contribution in [2.45, 2.75) is 26.7 Å². The third kappa shape index (κ3) is 4.11. The van der Waals surface area contributed by atoms with Crippen LogP contribution >= 0.6 is 0 Å². The minimum atomic E-state index is -0.488. The summed E-state index contributed by atoms with van der Waals surface area (Å²) in [6.45, 7) is 4.70. The van der Waals surface area contributed by atoms with Crippen molar-refractivity contribution in [1.82, 2.24) is 9.97 Å². The second-order valence-electron chi connectivity index (χ2n) is 5.96. The molecular formula is C18H20FN3O3. The molecule has 1 aliphatic rings. The van der Waals surface area contributed by atoms with Crippen LogP contribution in [0.3, 0.4) is 0 Å². The van der Waals surface area contributed by atoms with Gasteiger partial charge >= 0.3 is 6.01 Å². The molecule has 1 aromatic heterocycles. The summed E-state index contributed by atoms with van der Waals surface area (Å²) in [5.41, 5.74) is 1.70. The Bertz CT molecular complexity index is 753. The van der Waals surface area contributed by atoms with E-state index in [0.717, 1.165) is 0 Å². The van der Waals surface area contributed by atoms with Crippen molar-refractivity contribution in [2.75, 3.05) is 18.5 Å². The van der Waals surface area contributed by atoms with Gasteiger partial charge in [0.25, 0.3) is 0 Å². The van der Waals surface area contributed by atoms with E-state index in [4.69, 9.17) is 9.47 Å². The molecule has 1 aromatic carbocycles. The second kappa shape index (κ2) is 7.57. The first-order chi connectivity index (χ1) is 12.0. The Morgan fingerprint density at radius 3 is 2.48 bits per heavy atom. The van der Waals surface area contributed by atoms with Crippen LogP contribution in [0.4, 0.5) is 10.1 Å². The number of hydrogen-bond donors (Lipinski definition) is 1. The Balaban J connectivity index is 1.76. The Kier molecular flexibility index (Phi) is 5.23. The maximum Gasteiger partial charge on any atom is 0.322 e. The molecule has 1 aliphatic heterocycles. The van der Waals surface area contributed by atoms with Gasteiger partial charge in [0.05, 0.1) is 17.1 Å². The quantitative estimate of drug-likeness (QED) is 0.919. The van der Waals surface area contributed by atoms with E-state index in [1.807, 2.05) is 0 Å². The predicted molar refractivity (Wildman–Crippen MR) is 90.2 cm³/mol. The van der Waals surface area contributed by atoms with Crippen molar-refractivity contribution in [2.24, 2.45) is 5.92 Å². The van der Waals surface area contributed by atoms with Gasteiger partial charge in [-0.1, -0.05) is 12.1 Å². The zero-order valence-corrected chi connectivity index (χ0v) is 14.2. The topological polar surface area (TPSA) is 73.3 Å². The van der Waals surface area contributed by atoms with Gasteiger partial charge in [-0.3, -0.25) is 4.79 Å². The normalized spacial score (nSPS) is 15.0. The molecule has 0 bridgehead atoms. The van der Waals surface area contributed by atoms with Crippen LogP contribution in [0.15, 0.2) is 24.3 Å². The molecule has 6 nitrogen and oxygen atoms in total. The number of aryl methyl sites for hydroxylation is 2. The van der Waals surface area contributed by atoms with Crippen molar-refractivity contribution >= 4 is 11.6 Å². The van der Waals surface area contributed by atoms with E-state index in [1.165, 1.54) is 12.1 Å². The summed E-state index contributed by atoms with van der Waals surface area (Å²) in [5, 5.41) is 2.90. The summed E-state index contributed by atoms with van der Waals surface area (Å²) >= 11 is 0. The monoisotopic (exact) mass is 345 g/mol. The molecule has 2 aromatic rings. The number of amides is 1. The molecule has 0 radical (unpaired) electrons. The Morgan fingerprint density at radius 2 is 1.84 bits per heavy atom. The molecule has 132 valence electrons. The van der Waals surface area contributed by atoms with Crippen molar-refractivity contribution in [3.8, 4) is 11.8 Å². The first kappa shape index (κ1) is 17.3. The summed E-state index contributed by atoms with van der Waals surface area (Å²) in [6, 6.07) is 6.10. The average molecular weight is 345 g/mol. The van der Waals surface area contributed by atoms with Gasteiger partial charge in [0.15, 0.2) is 11.6 Å². The van der Waals surface area contributed by atoms with Crippen LogP contribution in [0, 0.1) is 25.6 Å². The highest BCUT2D eigenvalue weighted by Gasteiger charge is 2.23. The number of hydrogen-bond acceptors (Lipinski definition) is 5. The molecule has 7 heteroatoms. The van der Waals surface area contributed by atoms with E-state index in [1.54, 1.807) is 26.0 Å². The molecule has 1 amide bonds. The van der Waals surface area contributed by atoms with E-state index < -0.39 is 5.82 Å². The zero-order valence-electron chi connectivity index (χ0n) is 14.2. The van der Waals surface area contributed by atoms with Crippen LogP contribution < -0.4 is 10.1 Å². The van der Waals surface area contributed by atoms with Crippen molar-refractivity contribution < 1.29 is 18.7 Å². The average Bonchev–Trinajstić information content (AvgIpc) is 2.61.